The summed E-state index contributed by atoms with van der Waals surface area (Å²) in [6.45, 7) is 0.107. The number of carbonyl (C=O) groups excluding carboxylic acids is 2. The van der Waals surface area contributed by atoms with E-state index in [0.29, 0.717) is 16.1 Å². The summed E-state index contributed by atoms with van der Waals surface area (Å²) in [4.78, 5) is 27.0. The molecule has 31 heavy (non-hydrogen) atoms. The van der Waals surface area contributed by atoms with Gasteiger partial charge in [-0.3, -0.25) is 9.59 Å². The number of nitrogens with one attached hydrogen (secondary N) is 1. The van der Waals surface area contributed by atoms with Crippen LogP contribution in [0, 0.1) is 11.6 Å². The van der Waals surface area contributed by atoms with Crippen LogP contribution in [0.3, 0.4) is 0 Å². The fraction of sp³-hybridized carbons (Fsp3) is 0.167. The highest BCUT2D eigenvalue weighted by molar-refractivity contribution is 6.33. The maximum atomic E-state index is 13.5. The van der Waals surface area contributed by atoms with Crippen LogP contribution in [0.2, 0.25) is 5.02 Å². The SMILES string of the molecule is CN(Cc1ccc(F)c(F)c1)C(=O)CC(NC(=O)c1ccccc1Cl)c1ccccc1. The first-order valence-corrected chi connectivity index (χ1v) is 10.0. The Labute approximate surface area is 184 Å². The monoisotopic (exact) mass is 442 g/mol. The van der Waals surface area contributed by atoms with Gasteiger partial charge in [0.2, 0.25) is 5.91 Å². The Hall–Kier alpha value is -3.25. The highest BCUT2D eigenvalue weighted by Crippen LogP contribution is 2.21. The van der Waals surface area contributed by atoms with Crippen molar-refractivity contribution in [1.29, 1.82) is 0 Å². The van der Waals surface area contributed by atoms with Crippen molar-refractivity contribution in [3.05, 3.63) is 106 Å². The number of halogens is 3. The average molecular weight is 443 g/mol. The molecule has 160 valence electrons. The Morgan fingerprint density at radius 2 is 1.65 bits per heavy atom. The molecule has 3 aromatic rings. The van der Waals surface area contributed by atoms with Crippen molar-refractivity contribution < 1.29 is 18.4 Å². The van der Waals surface area contributed by atoms with E-state index >= 15 is 0 Å². The Bertz CT molecular complexity index is 1080. The van der Waals surface area contributed by atoms with Gasteiger partial charge in [0.05, 0.1) is 23.0 Å². The van der Waals surface area contributed by atoms with Crippen LogP contribution in [0.25, 0.3) is 0 Å². The third kappa shape index (κ3) is 5.89. The first-order valence-electron chi connectivity index (χ1n) is 9.63. The predicted molar refractivity (Wildman–Crippen MR) is 116 cm³/mol. The number of hydrogen-bond donors (Lipinski definition) is 1. The van der Waals surface area contributed by atoms with Crippen molar-refractivity contribution >= 4 is 23.4 Å². The van der Waals surface area contributed by atoms with E-state index in [0.717, 1.165) is 17.7 Å². The van der Waals surface area contributed by atoms with E-state index in [4.69, 9.17) is 11.6 Å². The Kier molecular flexibility index (Phi) is 7.36. The van der Waals surface area contributed by atoms with Crippen molar-refractivity contribution in [3.63, 3.8) is 0 Å². The van der Waals surface area contributed by atoms with Crippen molar-refractivity contribution in [2.45, 2.75) is 19.0 Å². The van der Waals surface area contributed by atoms with Crippen molar-refractivity contribution in [2.24, 2.45) is 0 Å². The molecule has 0 aliphatic heterocycles. The van der Waals surface area contributed by atoms with Crippen LogP contribution < -0.4 is 5.32 Å². The Morgan fingerprint density at radius 1 is 0.968 bits per heavy atom. The maximum absolute atomic E-state index is 13.5. The van der Waals surface area contributed by atoms with E-state index in [-0.39, 0.29) is 18.9 Å². The molecule has 0 fully saturated rings. The molecule has 2 amide bonds. The molecule has 0 spiro atoms. The average Bonchev–Trinajstić information content (AvgIpc) is 2.76. The predicted octanol–water partition coefficient (Wildman–Crippen LogP) is 5.14. The summed E-state index contributed by atoms with van der Waals surface area (Å²) in [6.07, 6.45) is -0.0135. The van der Waals surface area contributed by atoms with Crippen LogP contribution in [-0.4, -0.2) is 23.8 Å². The molecule has 0 aromatic heterocycles. The van der Waals surface area contributed by atoms with E-state index in [1.165, 1.54) is 11.0 Å². The van der Waals surface area contributed by atoms with Gasteiger partial charge in [-0.2, -0.15) is 0 Å². The fourth-order valence-corrected chi connectivity index (χ4v) is 3.37. The largest absolute Gasteiger partial charge is 0.345 e. The summed E-state index contributed by atoms with van der Waals surface area (Å²) in [6, 6.07) is 18.7. The van der Waals surface area contributed by atoms with Gasteiger partial charge >= 0.3 is 0 Å². The molecule has 1 unspecified atom stereocenters. The highest BCUT2D eigenvalue weighted by atomic mass is 35.5. The normalized spacial score (nSPS) is 11.6. The molecular formula is C24H21ClF2N2O2. The second-order valence-electron chi connectivity index (χ2n) is 7.12. The highest BCUT2D eigenvalue weighted by Gasteiger charge is 2.22. The molecule has 1 atom stereocenters. The third-order valence-electron chi connectivity index (χ3n) is 4.83. The fourth-order valence-electron chi connectivity index (χ4n) is 3.15. The van der Waals surface area contributed by atoms with E-state index in [1.54, 1.807) is 31.3 Å². The van der Waals surface area contributed by atoms with Crippen molar-refractivity contribution in [2.75, 3.05) is 7.05 Å². The summed E-state index contributed by atoms with van der Waals surface area (Å²) in [5.74, 6) is -2.56. The third-order valence-corrected chi connectivity index (χ3v) is 5.16. The first-order chi connectivity index (χ1) is 14.8. The van der Waals surface area contributed by atoms with E-state index in [9.17, 15) is 18.4 Å². The zero-order valence-corrected chi connectivity index (χ0v) is 17.6. The second-order valence-corrected chi connectivity index (χ2v) is 7.53. The van der Waals surface area contributed by atoms with Crippen LogP contribution in [-0.2, 0) is 11.3 Å². The zero-order chi connectivity index (χ0) is 22.4. The lowest BCUT2D eigenvalue weighted by Gasteiger charge is -2.23. The van der Waals surface area contributed by atoms with Crippen LogP contribution >= 0.6 is 11.6 Å². The number of nitrogens with zero attached hydrogens (tertiary/aromatic N) is 1. The lowest BCUT2D eigenvalue weighted by Crippen LogP contribution is -2.34. The molecule has 0 aliphatic rings. The summed E-state index contributed by atoms with van der Waals surface area (Å²) < 4.78 is 26.6. The number of rotatable bonds is 7. The standard InChI is InChI=1S/C24H21ClF2N2O2/c1-29(15-16-11-12-20(26)21(27)13-16)23(30)14-22(17-7-3-2-4-8-17)28-24(31)18-9-5-6-10-19(18)25/h2-13,22H,14-15H2,1H3,(H,28,31). The van der Waals surface area contributed by atoms with Crippen molar-refractivity contribution in [3.8, 4) is 0 Å². The van der Waals surface area contributed by atoms with Gasteiger partial charge in [-0.05, 0) is 35.4 Å². The van der Waals surface area contributed by atoms with Crippen molar-refractivity contribution in [1.82, 2.24) is 10.2 Å². The van der Waals surface area contributed by atoms with Gasteiger partial charge < -0.3 is 10.2 Å². The summed E-state index contributed by atoms with van der Waals surface area (Å²) >= 11 is 6.13. The summed E-state index contributed by atoms with van der Waals surface area (Å²) in [7, 11) is 1.57. The minimum Gasteiger partial charge on any atom is -0.345 e. The number of hydrogen-bond acceptors (Lipinski definition) is 2. The van der Waals surface area contributed by atoms with E-state index in [2.05, 4.69) is 5.32 Å². The minimum atomic E-state index is -0.965. The molecule has 3 aromatic carbocycles. The molecule has 1 N–H and O–H groups in total. The van der Waals surface area contributed by atoms with Gasteiger partial charge in [0, 0.05) is 13.6 Å². The smallest absolute Gasteiger partial charge is 0.253 e. The minimum absolute atomic E-state index is 0.0135. The molecule has 0 saturated heterocycles. The Balaban J connectivity index is 1.75. The molecule has 7 heteroatoms. The molecule has 0 radical (unpaired) electrons. The number of carbonyl (C=O) groups is 2. The first kappa shape index (κ1) is 22.4. The van der Waals surface area contributed by atoms with Crippen LogP contribution in [0.1, 0.15) is 33.9 Å². The van der Waals surface area contributed by atoms with Gasteiger partial charge in [-0.1, -0.05) is 60.1 Å². The van der Waals surface area contributed by atoms with Crippen LogP contribution in [0.5, 0.6) is 0 Å². The molecule has 0 bridgehead atoms. The van der Waals surface area contributed by atoms with Gasteiger partial charge in [0.15, 0.2) is 11.6 Å². The molecule has 4 nitrogen and oxygen atoms in total. The number of amides is 2. The molecule has 0 aliphatic carbocycles. The summed E-state index contributed by atoms with van der Waals surface area (Å²) in [5.41, 5.74) is 1.54. The van der Waals surface area contributed by atoms with Gasteiger partial charge in [-0.15, -0.1) is 0 Å². The van der Waals surface area contributed by atoms with Crippen LogP contribution in [0.4, 0.5) is 8.78 Å². The van der Waals surface area contributed by atoms with Gasteiger partial charge in [0.1, 0.15) is 0 Å². The van der Waals surface area contributed by atoms with Gasteiger partial charge in [0.25, 0.3) is 5.91 Å². The quantitative estimate of drug-likeness (QED) is 0.551. The molecule has 0 heterocycles. The lowest BCUT2D eigenvalue weighted by atomic mass is 10.0. The maximum Gasteiger partial charge on any atom is 0.253 e. The molecule has 0 saturated carbocycles. The van der Waals surface area contributed by atoms with E-state index < -0.39 is 23.6 Å². The molecule has 3 rings (SSSR count). The van der Waals surface area contributed by atoms with Gasteiger partial charge in [-0.25, -0.2) is 8.78 Å². The zero-order valence-electron chi connectivity index (χ0n) is 16.8. The molecular weight excluding hydrogens is 422 g/mol. The second kappa shape index (κ2) is 10.2. The number of benzene rings is 3. The van der Waals surface area contributed by atoms with Crippen LogP contribution in [0.15, 0.2) is 72.8 Å². The lowest BCUT2D eigenvalue weighted by molar-refractivity contribution is -0.130. The Morgan fingerprint density at radius 3 is 2.32 bits per heavy atom. The van der Waals surface area contributed by atoms with E-state index in [1.807, 2.05) is 30.3 Å². The summed E-state index contributed by atoms with van der Waals surface area (Å²) in [5, 5.41) is 3.19. The topological polar surface area (TPSA) is 49.4 Å².